The van der Waals surface area contributed by atoms with Gasteiger partial charge in [0.1, 0.15) is 0 Å². The summed E-state index contributed by atoms with van der Waals surface area (Å²) in [6, 6.07) is 26.2. The van der Waals surface area contributed by atoms with Gasteiger partial charge in [-0.1, -0.05) is 0 Å². The van der Waals surface area contributed by atoms with E-state index in [0.29, 0.717) is 0 Å². The van der Waals surface area contributed by atoms with E-state index in [1.807, 2.05) is 0 Å². The number of hydrogen-bond acceptors (Lipinski definition) is 8. The zero-order valence-corrected chi connectivity index (χ0v) is 39.8. The molecule has 4 aromatic carbocycles. The second kappa shape index (κ2) is 14.1. The minimum atomic E-state index is -2.92. The molecule has 3 heterocycles. The molecule has 3 saturated heterocycles. The summed E-state index contributed by atoms with van der Waals surface area (Å²) < 4.78 is 34.8. The fourth-order valence-corrected chi connectivity index (χ4v) is 113. The Morgan fingerprint density at radius 3 is 1.02 bits per heavy atom. The molecular weight excluding hydrogens is 979 g/mol. The first-order valence-corrected chi connectivity index (χ1v) is 26.2. The van der Waals surface area contributed by atoms with Crippen LogP contribution in [0.15, 0.2) is 72.8 Å². The molecule has 7 rings (SSSR count). The van der Waals surface area contributed by atoms with Gasteiger partial charge in [-0.2, -0.15) is 0 Å². The van der Waals surface area contributed by atoms with Gasteiger partial charge in [0.2, 0.25) is 0 Å². The van der Waals surface area contributed by atoms with Crippen LogP contribution in [-0.4, -0.2) is 115 Å². The van der Waals surface area contributed by atoms with Crippen LogP contribution in [0, 0.1) is 27.7 Å². The van der Waals surface area contributed by atoms with Crippen molar-refractivity contribution in [3.05, 3.63) is 95.1 Å². The van der Waals surface area contributed by atoms with Crippen molar-refractivity contribution in [2.24, 2.45) is 0 Å². The van der Waals surface area contributed by atoms with Crippen LogP contribution in [0.2, 0.25) is 0 Å². The SMILES string of the molecule is COc1ccc(C)c([N]2[SnH+][N](c3cc(OC)ccc3C)[SnH]3[N](c4cc(OC)ccc4C)[SnH]2[N]3c2cc(OC)ccc2C)c1.[SnH+3]. The third-order valence-corrected chi connectivity index (χ3v) is 60.6. The van der Waals surface area contributed by atoms with Gasteiger partial charge in [-0.25, -0.2) is 0 Å². The average molecular weight is 1020 g/mol. The third kappa shape index (κ3) is 6.01. The van der Waals surface area contributed by atoms with Crippen LogP contribution in [0.25, 0.3) is 0 Å². The Balaban J connectivity index is 0.00000384. The maximum absolute atomic E-state index is 5.77. The number of aryl methyl sites for hydroxylation is 4. The minimum absolute atomic E-state index is 0. The van der Waals surface area contributed by atoms with Crippen LogP contribution >= 0.6 is 0 Å². The monoisotopic (exact) mass is 1020 g/mol. The summed E-state index contributed by atoms with van der Waals surface area (Å²) in [4.78, 5) is 0. The first-order chi connectivity index (χ1) is 20.8. The van der Waals surface area contributed by atoms with Gasteiger partial charge < -0.3 is 0 Å². The van der Waals surface area contributed by atoms with Gasteiger partial charge in [0.05, 0.1) is 0 Å². The Morgan fingerprint density at radius 1 is 0.455 bits per heavy atom. The summed E-state index contributed by atoms with van der Waals surface area (Å²) in [6.45, 7) is 8.96. The topological polar surface area (TPSA) is 49.9 Å². The van der Waals surface area contributed by atoms with Crippen molar-refractivity contribution < 1.29 is 18.9 Å². The normalized spacial score (nSPS) is 16.9. The molecule has 0 atom stereocenters. The molecule has 3 aliphatic rings. The van der Waals surface area contributed by atoms with Crippen molar-refractivity contribution in [3.63, 3.8) is 0 Å². The molecule has 224 valence electrons. The number of nitrogens with zero attached hydrogens (tertiary/aromatic N) is 4. The Morgan fingerprint density at radius 2 is 0.727 bits per heavy atom. The number of benzene rings is 4. The summed E-state index contributed by atoms with van der Waals surface area (Å²) in [6.07, 6.45) is 0. The van der Waals surface area contributed by atoms with Crippen LogP contribution < -0.4 is 24.3 Å². The van der Waals surface area contributed by atoms with Crippen LogP contribution in [0.3, 0.4) is 0 Å². The van der Waals surface area contributed by atoms with Gasteiger partial charge in [-0.05, 0) is 0 Å². The van der Waals surface area contributed by atoms with E-state index in [-0.39, 0.29) is 23.9 Å². The number of rotatable bonds is 8. The van der Waals surface area contributed by atoms with Crippen LogP contribution in [0.5, 0.6) is 23.0 Å². The molecule has 2 bridgehead atoms. The average Bonchev–Trinajstić information content (AvgIpc) is 3.02. The second-order valence-electron chi connectivity index (χ2n) is 11.0. The number of hydrogen-bond donors (Lipinski definition) is 0. The molecular formula is C32H40N4O4Sn4+4. The van der Waals surface area contributed by atoms with Crippen LogP contribution in [-0.2, 0) is 0 Å². The number of anilines is 4. The van der Waals surface area contributed by atoms with Gasteiger partial charge in [0.15, 0.2) is 0 Å². The molecule has 44 heavy (non-hydrogen) atoms. The predicted molar refractivity (Wildman–Crippen MR) is 189 cm³/mol. The number of fused-ring (bicyclic) bond motifs is 2. The Kier molecular flexibility index (Phi) is 10.8. The number of ether oxygens (including phenoxy) is 4. The van der Waals surface area contributed by atoms with Gasteiger partial charge >= 0.3 is 308 Å². The quantitative estimate of drug-likeness (QED) is 0.242. The Bertz CT molecular complexity index is 1430. The molecule has 0 aromatic heterocycles. The molecule has 3 fully saturated rings. The van der Waals surface area contributed by atoms with Crippen molar-refractivity contribution >= 4 is 110 Å². The van der Waals surface area contributed by atoms with E-state index in [1.165, 1.54) is 45.0 Å². The van der Waals surface area contributed by atoms with E-state index in [0.717, 1.165) is 23.0 Å². The molecule has 3 aliphatic heterocycles. The van der Waals surface area contributed by atoms with Crippen molar-refractivity contribution in [1.29, 1.82) is 0 Å². The van der Waals surface area contributed by atoms with E-state index < -0.39 is 62.8 Å². The molecule has 0 amide bonds. The Hall–Kier alpha value is -1.53. The first-order valence-electron chi connectivity index (χ1n) is 14.4. The zero-order valence-electron chi connectivity index (χ0n) is 26.7. The van der Waals surface area contributed by atoms with E-state index in [4.69, 9.17) is 18.9 Å². The predicted octanol–water partition coefficient (Wildman–Crippen LogP) is 4.36. The fourth-order valence-electron chi connectivity index (χ4n) is 6.07. The molecule has 12 heteroatoms. The van der Waals surface area contributed by atoms with Gasteiger partial charge in [0.25, 0.3) is 0 Å². The molecule has 8 nitrogen and oxygen atoms in total. The Labute approximate surface area is 304 Å². The molecule has 0 saturated carbocycles. The van der Waals surface area contributed by atoms with E-state index >= 15 is 0 Å². The molecule has 0 aliphatic carbocycles. The first kappa shape index (κ1) is 33.8. The van der Waals surface area contributed by atoms with Gasteiger partial charge in [-0.3, -0.25) is 0 Å². The van der Waals surface area contributed by atoms with Crippen molar-refractivity contribution in [2.45, 2.75) is 27.7 Å². The van der Waals surface area contributed by atoms with E-state index in [2.05, 4.69) is 106 Å². The molecule has 4 aromatic rings. The molecule has 0 unspecified atom stereocenters. The third-order valence-electron chi connectivity index (χ3n) is 8.52. The van der Waals surface area contributed by atoms with Gasteiger partial charge in [0, 0.05) is 0 Å². The van der Waals surface area contributed by atoms with Crippen LogP contribution in [0.1, 0.15) is 22.3 Å². The summed E-state index contributed by atoms with van der Waals surface area (Å²) in [5.74, 6) is 3.61. The summed E-state index contributed by atoms with van der Waals surface area (Å²) in [7, 11) is 7.04. The van der Waals surface area contributed by atoms with Crippen molar-refractivity contribution in [3.8, 4) is 23.0 Å². The fraction of sp³-hybridized carbons (Fsp3) is 0.250. The zero-order chi connectivity index (χ0) is 30.4. The molecule has 0 radical (unpaired) electrons. The van der Waals surface area contributed by atoms with Crippen molar-refractivity contribution in [1.82, 2.24) is 0 Å². The summed E-state index contributed by atoms with van der Waals surface area (Å²) in [5.41, 5.74) is 10.5. The van der Waals surface area contributed by atoms with Crippen LogP contribution in [0.4, 0.5) is 22.7 Å². The van der Waals surface area contributed by atoms with Crippen molar-refractivity contribution in [2.75, 3.05) is 33.8 Å². The summed E-state index contributed by atoms with van der Waals surface area (Å²) >= 11 is -7.35. The molecule has 0 N–H and O–H groups in total. The number of methoxy groups -OCH3 is 4. The van der Waals surface area contributed by atoms with E-state index in [9.17, 15) is 0 Å². The second-order valence-corrected chi connectivity index (χ2v) is 47.8. The summed E-state index contributed by atoms with van der Waals surface area (Å²) in [5, 5.41) is 0. The standard InChI is InChI=1S/4C8H9NO.4Sn.4H/c4*1-6-3-4-7(10-2)5-8(6)9;;;;;;;;/h4*3-5H,1-2H3;;;;;;;;/q;;;;;;+1;+3;;;;. The maximum atomic E-state index is 5.77. The van der Waals surface area contributed by atoms with Gasteiger partial charge in [-0.15, -0.1) is 0 Å². The van der Waals surface area contributed by atoms with E-state index in [1.54, 1.807) is 28.4 Å². The molecule has 0 spiro atoms.